The highest BCUT2D eigenvalue weighted by Crippen LogP contribution is 2.36. The number of imide groups is 1. The van der Waals surface area contributed by atoms with E-state index < -0.39 is 43.9 Å². The lowest BCUT2D eigenvalue weighted by molar-refractivity contribution is -0.144. The average Bonchev–Trinajstić information content (AvgIpc) is 2.68. The van der Waals surface area contributed by atoms with E-state index in [9.17, 15) is 36.0 Å². The second-order valence-corrected chi connectivity index (χ2v) is 8.90. The first-order valence-electron chi connectivity index (χ1n) is 8.88. The molecule has 0 atom stereocenters. The summed E-state index contributed by atoms with van der Waals surface area (Å²) in [6.07, 6.45) is 0.445. The summed E-state index contributed by atoms with van der Waals surface area (Å²) >= 11 is 0. The van der Waals surface area contributed by atoms with Crippen LogP contribution in [-0.2, 0) is 19.2 Å². The zero-order valence-corrected chi connectivity index (χ0v) is 17.3. The third-order valence-electron chi connectivity index (χ3n) is 4.88. The lowest BCUT2D eigenvalue weighted by Gasteiger charge is -2.26. The molecule has 0 N–H and O–H groups in total. The van der Waals surface area contributed by atoms with Gasteiger partial charge in [0.1, 0.15) is 5.75 Å². The van der Waals surface area contributed by atoms with Gasteiger partial charge in [-0.25, -0.2) is 0 Å². The van der Waals surface area contributed by atoms with Crippen molar-refractivity contribution in [3.05, 3.63) is 41.5 Å². The number of nitrogens with zero attached hydrogens (tertiary/aromatic N) is 1. The number of ether oxygens (including phenoxy) is 1. The number of benzene rings is 2. The first kappa shape index (κ1) is 22.7. The molecule has 166 valence electrons. The molecule has 0 saturated heterocycles. The fourth-order valence-electron chi connectivity index (χ4n) is 2.71. The van der Waals surface area contributed by atoms with Gasteiger partial charge < -0.3 is 4.74 Å². The molecule has 1 aliphatic heterocycles. The molecule has 0 fully saturated rings. The summed E-state index contributed by atoms with van der Waals surface area (Å²) in [5.41, 5.74) is -7.33. The zero-order chi connectivity index (χ0) is 23.4. The van der Waals surface area contributed by atoms with Crippen LogP contribution in [0.15, 0.2) is 30.3 Å². The Morgan fingerprint density at radius 1 is 1.06 bits per heavy atom. The standard InChI is InChI=1S/C19H16F3NO7S/c1-4-18(2,3)17(26)29-11-8-10-6-5-7-12-14(10)13(9-11)16(25)23(15(12)24)30-31(27,28)19(20,21)22/h5-9H,4H2,1-3H3. The van der Waals surface area contributed by atoms with Gasteiger partial charge in [0.2, 0.25) is 0 Å². The van der Waals surface area contributed by atoms with Crippen molar-refractivity contribution < 1.29 is 45.0 Å². The van der Waals surface area contributed by atoms with Gasteiger partial charge in [0, 0.05) is 5.39 Å². The number of hydrogen-bond donors (Lipinski definition) is 0. The molecule has 2 aromatic rings. The zero-order valence-electron chi connectivity index (χ0n) is 16.4. The van der Waals surface area contributed by atoms with Gasteiger partial charge in [-0.1, -0.05) is 19.1 Å². The minimum atomic E-state index is -6.29. The summed E-state index contributed by atoms with van der Waals surface area (Å²) in [6.45, 7) is 5.04. The monoisotopic (exact) mass is 459 g/mol. The van der Waals surface area contributed by atoms with E-state index in [4.69, 9.17) is 4.74 Å². The van der Waals surface area contributed by atoms with Crippen LogP contribution in [0, 0.1) is 5.41 Å². The molecular weight excluding hydrogens is 443 g/mol. The third-order valence-corrected chi connectivity index (χ3v) is 5.80. The van der Waals surface area contributed by atoms with E-state index in [-0.39, 0.29) is 27.6 Å². The SMILES string of the molecule is CCC(C)(C)C(=O)Oc1cc2c3c(cccc3c1)C(=O)N(OS(=O)(=O)C(F)(F)F)C2=O. The summed E-state index contributed by atoms with van der Waals surface area (Å²) < 4.78 is 70.0. The van der Waals surface area contributed by atoms with Crippen molar-refractivity contribution in [1.82, 2.24) is 5.06 Å². The van der Waals surface area contributed by atoms with Crippen molar-refractivity contribution in [3.63, 3.8) is 0 Å². The molecule has 1 heterocycles. The van der Waals surface area contributed by atoms with E-state index >= 15 is 0 Å². The molecule has 0 radical (unpaired) electrons. The molecule has 31 heavy (non-hydrogen) atoms. The Hall–Kier alpha value is -2.99. The van der Waals surface area contributed by atoms with Gasteiger partial charge in [-0.15, -0.1) is 9.35 Å². The van der Waals surface area contributed by atoms with Gasteiger partial charge in [0.15, 0.2) is 0 Å². The van der Waals surface area contributed by atoms with E-state index in [1.807, 2.05) is 0 Å². The first-order valence-corrected chi connectivity index (χ1v) is 10.3. The van der Waals surface area contributed by atoms with Crippen molar-refractivity contribution in [1.29, 1.82) is 0 Å². The van der Waals surface area contributed by atoms with Gasteiger partial charge in [-0.2, -0.15) is 21.6 Å². The van der Waals surface area contributed by atoms with Crippen LogP contribution in [0.25, 0.3) is 10.8 Å². The number of esters is 1. The highest BCUT2D eigenvalue weighted by molar-refractivity contribution is 7.87. The molecular formula is C19H16F3NO7S. The Labute approximate surface area is 174 Å². The van der Waals surface area contributed by atoms with E-state index in [1.165, 1.54) is 24.3 Å². The normalized spacial score (nSPS) is 14.8. The van der Waals surface area contributed by atoms with Crippen LogP contribution >= 0.6 is 0 Å². The van der Waals surface area contributed by atoms with Crippen LogP contribution in [0.4, 0.5) is 13.2 Å². The number of rotatable bonds is 5. The lowest BCUT2D eigenvalue weighted by Crippen LogP contribution is -2.44. The Bertz CT molecular complexity index is 1220. The molecule has 2 aromatic carbocycles. The minimum Gasteiger partial charge on any atom is -0.426 e. The highest BCUT2D eigenvalue weighted by Gasteiger charge is 2.51. The average molecular weight is 459 g/mol. The highest BCUT2D eigenvalue weighted by atomic mass is 32.2. The second kappa shape index (κ2) is 7.31. The predicted molar refractivity (Wildman–Crippen MR) is 100 cm³/mol. The summed E-state index contributed by atoms with van der Waals surface area (Å²) in [5.74, 6) is -3.56. The van der Waals surface area contributed by atoms with Crippen molar-refractivity contribution in [2.75, 3.05) is 0 Å². The fraction of sp³-hybridized carbons (Fsp3) is 0.316. The Kier molecular flexibility index (Phi) is 5.35. The molecule has 0 aromatic heterocycles. The van der Waals surface area contributed by atoms with E-state index in [1.54, 1.807) is 20.8 Å². The second-order valence-electron chi connectivity index (χ2n) is 7.38. The molecule has 0 spiro atoms. The number of carbonyl (C=O) groups excluding carboxylic acids is 3. The van der Waals surface area contributed by atoms with Gasteiger partial charge in [0.05, 0.1) is 16.5 Å². The molecule has 0 bridgehead atoms. The molecule has 0 aliphatic carbocycles. The maximum Gasteiger partial charge on any atom is 0.525 e. The van der Waals surface area contributed by atoms with Crippen LogP contribution in [0.5, 0.6) is 5.75 Å². The number of alkyl halides is 3. The molecule has 0 saturated carbocycles. The van der Waals surface area contributed by atoms with Crippen molar-refractivity contribution in [2.45, 2.75) is 32.7 Å². The Morgan fingerprint density at radius 3 is 2.26 bits per heavy atom. The summed E-state index contributed by atoms with van der Waals surface area (Å²) in [6, 6.07) is 6.49. The van der Waals surface area contributed by atoms with E-state index in [2.05, 4.69) is 4.28 Å². The fourth-order valence-corrected chi connectivity index (χ4v) is 3.13. The van der Waals surface area contributed by atoms with E-state index in [0.717, 1.165) is 6.07 Å². The molecule has 12 heteroatoms. The predicted octanol–water partition coefficient (Wildman–Crippen LogP) is 3.56. The molecule has 2 amide bonds. The van der Waals surface area contributed by atoms with Crippen LogP contribution in [0.2, 0.25) is 0 Å². The molecule has 3 rings (SSSR count). The van der Waals surface area contributed by atoms with Gasteiger partial charge >= 0.3 is 21.6 Å². The number of carbonyl (C=O) groups is 3. The summed E-state index contributed by atoms with van der Waals surface area (Å²) in [7, 11) is -6.29. The number of hydrogen-bond acceptors (Lipinski definition) is 7. The van der Waals surface area contributed by atoms with Crippen molar-refractivity contribution in [3.8, 4) is 5.75 Å². The van der Waals surface area contributed by atoms with Crippen LogP contribution in [-0.4, -0.2) is 36.8 Å². The molecule has 8 nitrogen and oxygen atoms in total. The number of amides is 2. The summed E-state index contributed by atoms with van der Waals surface area (Å²) in [5, 5.41) is -0.120. The van der Waals surface area contributed by atoms with E-state index in [0.29, 0.717) is 6.42 Å². The number of halogens is 3. The van der Waals surface area contributed by atoms with Gasteiger partial charge in [0.25, 0.3) is 11.8 Å². The van der Waals surface area contributed by atoms with Crippen LogP contribution < -0.4 is 4.74 Å². The van der Waals surface area contributed by atoms with Crippen molar-refractivity contribution >= 4 is 38.7 Å². The summed E-state index contributed by atoms with van der Waals surface area (Å²) in [4.78, 5) is 37.6. The lowest BCUT2D eigenvalue weighted by atomic mass is 9.90. The third kappa shape index (κ3) is 3.88. The first-order chi connectivity index (χ1) is 14.2. The largest absolute Gasteiger partial charge is 0.525 e. The smallest absolute Gasteiger partial charge is 0.426 e. The minimum absolute atomic E-state index is 0.0660. The molecule has 0 unspecified atom stereocenters. The van der Waals surface area contributed by atoms with Crippen LogP contribution in [0.1, 0.15) is 47.9 Å². The maximum atomic E-state index is 12.7. The van der Waals surface area contributed by atoms with Crippen LogP contribution in [0.3, 0.4) is 0 Å². The Morgan fingerprint density at radius 2 is 1.68 bits per heavy atom. The Balaban J connectivity index is 2.11. The van der Waals surface area contributed by atoms with Gasteiger partial charge in [-0.05, 0) is 43.9 Å². The van der Waals surface area contributed by atoms with Crippen molar-refractivity contribution in [2.24, 2.45) is 5.41 Å². The topological polar surface area (TPSA) is 107 Å². The van der Waals surface area contributed by atoms with Gasteiger partial charge in [-0.3, -0.25) is 14.4 Å². The number of hydroxylamine groups is 2. The molecule has 1 aliphatic rings. The maximum absolute atomic E-state index is 12.7. The quantitative estimate of drug-likeness (QED) is 0.291.